The predicted molar refractivity (Wildman–Crippen MR) is 68.5 cm³/mol. The van der Waals surface area contributed by atoms with Crippen LogP contribution in [0.3, 0.4) is 0 Å². The van der Waals surface area contributed by atoms with Crippen LogP contribution in [0.5, 0.6) is 0 Å². The molecule has 0 spiro atoms. The molecule has 1 heterocycles. The summed E-state index contributed by atoms with van der Waals surface area (Å²) in [5.74, 6) is 0. The van der Waals surface area contributed by atoms with Gasteiger partial charge < -0.3 is 5.32 Å². The maximum Gasteiger partial charge on any atom is 0.115 e. The van der Waals surface area contributed by atoms with E-state index in [1.165, 1.54) is 3.57 Å². The van der Waals surface area contributed by atoms with Crippen molar-refractivity contribution in [3.63, 3.8) is 0 Å². The first kappa shape index (κ1) is 10.4. The van der Waals surface area contributed by atoms with Gasteiger partial charge in [-0.05, 0) is 46.9 Å². The van der Waals surface area contributed by atoms with Crippen LogP contribution in [0.25, 0.3) is 0 Å². The molecular formula is C11H10IN3. The quantitative estimate of drug-likeness (QED) is 0.886. The van der Waals surface area contributed by atoms with E-state index in [0.29, 0.717) is 0 Å². The van der Waals surface area contributed by atoms with E-state index < -0.39 is 0 Å². The highest BCUT2D eigenvalue weighted by atomic mass is 127. The number of anilines is 1. The Kier molecular flexibility index (Phi) is 3.49. The number of nitrogens with one attached hydrogen (secondary N) is 1. The Morgan fingerprint density at radius 2 is 2.20 bits per heavy atom. The zero-order valence-electron chi connectivity index (χ0n) is 8.02. The Hall–Kier alpha value is -1.17. The third kappa shape index (κ3) is 3.16. The third-order valence-electron chi connectivity index (χ3n) is 1.94. The van der Waals surface area contributed by atoms with E-state index in [2.05, 4.69) is 50.0 Å². The van der Waals surface area contributed by atoms with E-state index in [1.807, 2.05) is 18.2 Å². The molecule has 0 aliphatic heterocycles. The lowest BCUT2D eigenvalue weighted by atomic mass is 10.3. The van der Waals surface area contributed by atoms with Crippen LogP contribution in [0.4, 0.5) is 5.69 Å². The normalized spacial score (nSPS) is 9.93. The smallest absolute Gasteiger partial charge is 0.115 e. The van der Waals surface area contributed by atoms with E-state index in [4.69, 9.17) is 0 Å². The summed E-state index contributed by atoms with van der Waals surface area (Å²) in [7, 11) is 0. The molecule has 3 nitrogen and oxygen atoms in total. The van der Waals surface area contributed by atoms with Crippen LogP contribution < -0.4 is 5.32 Å². The minimum Gasteiger partial charge on any atom is -0.379 e. The average Bonchev–Trinajstić information content (AvgIpc) is 2.28. The van der Waals surface area contributed by atoms with Gasteiger partial charge in [-0.15, -0.1) is 0 Å². The summed E-state index contributed by atoms with van der Waals surface area (Å²) in [5, 5.41) is 3.31. The SMILES string of the molecule is Ic1cccc(NCc2ccncn2)c1. The molecular weight excluding hydrogens is 301 g/mol. The van der Waals surface area contributed by atoms with Crippen molar-refractivity contribution in [2.24, 2.45) is 0 Å². The highest BCUT2D eigenvalue weighted by Gasteiger charge is 1.94. The average molecular weight is 311 g/mol. The molecule has 0 atom stereocenters. The number of hydrogen-bond donors (Lipinski definition) is 1. The fraction of sp³-hybridized carbons (Fsp3) is 0.0909. The van der Waals surface area contributed by atoms with Crippen LogP contribution in [0, 0.1) is 3.57 Å². The maximum absolute atomic E-state index is 4.14. The fourth-order valence-electron chi connectivity index (χ4n) is 1.21. The standard InChI is InChI=1S/C11H10IN3/c12-9-2-1-3-10(6-9)14-7-11-4-5-13-8-15-11/h1-6,8,14H,7H2. The summed E-state index contributed by atoms with van der Waals surface area (Å²) in [6, 6.07) is 10.1. The van der Waals surface area contributed by atoms with Gasteiger partial charge in [0.05, 0.1) is 12.2 Å². The van der Waals surface area contributed by atoms with E-state index >= 15 is 0 Å². The number of rotatable bonds is 3. The number of halogens is 1. The van der Waals surface area contributed by atoms with Gasteiger partial charge in [0.25, 0.3) is 0 Å². The van der Waals surface area contributed by atoms with Crippen molar-refractivity contribution < 1.29 is 0 Å². The Labute approximate surface area is 102 Å². The van der Waals surface area contributed by atoms with Crippen LogP contribution in [0.15, 0.2) is 42.9 Å². The molecule has 0 aliphatic rings. The fourth-order valence-corrected chi connectivity index (χ4v) is 1.76. The number of nitrogens with zero attached hydrogens (tertiary/aromatic N) is 2. The van der Waals surface area contributed by atoms with E-state index in [-0.39, 0.29) is 0 Å². The molecule has 1 N–H and O–H groups in total. The molecule has 2 aromatic rings. The van der Waals surface area contributed by atoms with Gasteiger partial charge in [-0.1, -0.05) is 6.07 Å². The number of aromatic nitrogens is 2. The lowest BCUT2D eigenvalue weighted by Gasteiger charge is -2.05. The lowest BCUT2D eigenvalue weighted by Crippen LogP contribution is -2.01. The van der Waals surface area contributed by atoms with E-state index in [0.717, 1.165) is 17.9 Å². The minimum atomic E-state index is 0.725. The second-order valence-corrected chi connectivity index (χ2v) is 4.31. The zero-order valence-corrected chi connectivity index (χ0v) is 10.2. The van der Waals surface area contributed by atoms with E-state index in [9.17, 15) is 0 Å². The Morgan fingerprint density at radius 1 is 1.27 bits per heavy atom. The molecule has 1 aromatic heterocycles. The monoisotopic (exact) mass is 311 g/mol. The molecule has 15 heavy (non-hydrogen) atoms. The van der Waals surface area contributed by atoms with Crippen LogP contribution in [-0.2, 0) is 6.54 Å². The summed E-state index contributed by atoms with van der Waals surface area (Å²) < 4.78 is 1.22. The molecule has 0 saturated carbocycles. The summed E-state index contributed by atoms with van der Waals surface area (Å²) in [5.41, 5.74) is 2.10. The topological polar surface area (TPSA) is 37.8 Å². The van der Waals surface area contributed by atoms with Crippen LogP contribution in [-0.4, -0.2) is 9.97 Å². The minimum absolute atomic E-state index is 0.725. The zero-order chi connectivity index (χ0) is 10.5. The lowest BCUT2D eigenvalue weighted by molar-refractivity contribution is 1.01. The first-order chi connectivity index (χ1) is 7.34. The molecule has 0 radical (unpaired) electrons. The molecule has 4 heteroatoms. The van der Waals surface area contributed by atoms with Gasteiger partial charge in [0.2, 0.25) is 0 Å². The predicted octanol–water partition coefficient (Wildman–Crippen LogP) is 2.69. The molecule has 2 rings (SSSR count). The number of benzene rings is 1. The van der Waals surface area contributed by atoms with Crippen LogP contribution >= 0.6 is 22.6 Å². The highest BCUT2D eigenvalue weighted by molar-refractivity contribution is 14.1. The van der Waals surface area contributed by atoms with Gasteiger partial charge in [-0.3, -0.25) is 0 Å². The summed E-state index contributed by atoms with van der Waals surface area (Å²) >= 11 is 2.29. The van der Waals surface area contributed by atoms with Crippen molar-refractivity contribution in [1.82, 2.24) is 9.97 Å². The molecule has 76 valence electrons. The Balaban J connectivity index is 1.99. The second kappa shape index (κ2) is 5.06. The van der Waals surface area contributed by atoms with Crippen molar-refractivity contribution in [3.8, 4) is 0 Å². The van der Waals surface area contributed by atoms with Gasteiger partial charge in [-0.25, -0.2) is 9.97 Å². The van der Waals surface area contributed by atoms with Crippen molar-refractivity contribution in [2.75, 3.05) is 5.32 Å². The molecule has 0 aliphatic carbocycles. The molecule has 0 fully saturated rings. The summed E-state index contributed by atoms with van der Waals surface area (Å²) in [4.78, 5) is 8.02. The summed E-state index contributed by atoms with van der Waals surface area (Å²) in [6.45, 7) is 0.725. The van der Waals surface area contributed by atoms with Gasteiger partial charge >= 0.3 is 0 Å². The Bertz CT molecular complexity index is 431. The van der Waals surface area contributed by atoms with Gasteiger partial charge in [0.1, 0.15) is 6.33 Å². The van der Waals surface area contributed by atoms with Crippen molar-refractivity contribution in [2.45, 2.75) is 6.54 Å². The van der Waals surface area contributed by atoms with Crippen molar-refractivity contribution in [3.05, 3.63) is 52.1 Å². The second-order valence-electron chi connectivity index (χ2n) is 3.06. The van der Waals surface area contributed by atoms with Crippen LogP contribution in [0.2, 0.25) is 0 Å². The van der Waals surface area contributed by atoms with Crippen molar-refractivity contribution >= 4 is 28.3 Å². The Morgan fingerprint density at radius 3 is 2.93 bits per heavy atom. The molecule has 0 amide bonds. The largest absolute Gasteiger partial charge is 0.379 e. The first-order valence-corrected chi connectivity index (χ1v) is 5.67. The van der Waals surface area contributed by atoms with E-state index in [1.54, 1.807) is 12.5 Å². The first-order valence-electron chi connectivity index (χ1n) is 4.59. The maximum atomic E-state index is 4.14. The van der Waals surface area contributed by atoms with Gasteiger partial charge in [0, 0.05) is 15.5 Å². The summed E-state index contributed by atoms with van der Waals surface area (Å²) in [6.07, 6.45) is 3.31. The molecule has 0 unspecified atom stereocenters. The van der Waals surface area contributed by atoms with Gasteiger partial charge in [0.15, 0.2) is 0 Å². The molecule has 0 saturated heterocycles. The van der Waals surface area contributed by atoms with Gasteiger partial charge in [-0.2, -0.15) is 0 Å². The molecule has 1 aromatic carbocycles. The third-order valence-corrected chi connectivity index (χ3v) is 2.61. The van der Waals surface area contributed by atoms with Crippen LogP contribution in [0.1, 0.15) is 5.69 Å². The van der Waals surface area contributed by atoms with Crippen molar-refractivity contribution in [1.29, 1.82) is 0 Å². The number of hydrogen-bond acceptors (Lipinski definition) is 3. The highest BCUT2D eigenvalue weighted by Crippen LogP contribution is 2.12. The molecule has 0 bridgehead atoms.